The van der Waals surface area contributed by atoms with E-state index in [9.17, 15) is 0 Å². The minimum absolute atomic E-state index is 0.263. The molecule has 2 aliphatic rings. The van der Waals surface area contributed by atoms with E-state index in [2.05, 4.69) is 12.1 Å². The molecule has 140 valence electrons. The third-order valence-corrected chi connectivity index (χ3v) is 4.85. The Kier molecular flexibility index (Phi) is 4.81. The van der Waals surface area contributed by atoms with Gasteiger partial charge in [-0.15, -0.1) is 5.06 Å². The molecule has 0 spiro atoms. The highest BCUT2D eigenvalue weighted by Gasteiger charge is 2.33. The second kappa shape index (κ2) is 7.40. The van der Waals surface area contributed by atoms with E-state index in [-0.39, 0.29) is 6.17 Å². The number of hydrogen-bond acceptors (Lipinski definition) is 6. The number of aliphatic imine (C=N–C) groups is 2. The molecule has 2 aromatic carbocycles. The molecular weight excluding hydrogens is 342 g/mol. The van der Waals surface area contributed by atoms with Crippen LogP contribution in [0.3, 0.4) is 0 Å². The maximum Gasteiger partial charge on any atom is 0.216 e. The number of likely N-dealkylation sites (N-methyl/N-ethyl adjacent to an activating group) is 1. The maximum absolute atomic E-state index is 5.89. The van der Waals surface area contributed by atoms with Crippen molar-refractivity contribution in [3.63, 3.8) is 0 Å². The molecule has 0 radical (unpaired) electrons. The molecule has 27 heavy (non-hydrogen) atoms. The van der Waals surface area contributed by atoms with Gasteiger partial charge < -0.3 is 14.3 Å². The first-order chi connectivity index (χ1) is 13.2. The fourth-order valence-corrected chi connectivity index (χ4v) is 3.51. The largest absolute Gasteiger partial charge is 0.493 e. The van der Waals surface area contributed by atoms with Crippen molar-refractivity contribution in [1.29, 1.82) is 0 Å². The highest BCUT2D eigenvalue weighted by atomic mass is 16.7. The molecule has 0 amide bonds. The summed E-state index contributed by atoms with van der Waals surface area (Å²) in [6.45, 7) is 0.728. The topological polar surface area (TPSA) is 55.6 Å². The summed E-state index contributed by atoms with van der Waals surface area (Å²) in [6, 6.07) is 14.2. The van der Waals surface area contributed by atoms with Crippen LogP contribution in [0, 0.1) is 0 Å². The zero-order valence-electron chi connectivity index (χ0n) is 15.8. The van der Waals surface area contributed by atoms with Gasteiger partial charge in [-0.1, -0.05) is 30.3 Å². The van der Waals surface area contributed by atoms with E-state index in [4.69, 9.17) is 24.3 Å². The van der Waals surface area contributed by atoms with E-state index >= 15 is 0 Å². The first-order valence-electron chi connectivity index (χ1n) is 9.00. The van der Waals surface area contributed by atoms with Crippen molar-refractivity contribution in [3.05, 3.63) is 59.2 Å². The Balaban J connectivity index is 1.65. The van der Waals surface area contributed by atoms with E-state index < -0.39 is 0 Å². The van der Waals surface area contributed by atoms with Crippen LogP contribution in [0.25, 0.3) is 0 Å². The average Bonchev–Trinajstić information content (AvgIpc) is 3.06. The molecule has 0 bridgehead atoms. The summed E-state index contributed by atoms with van der Waals surface area (Å²) < 4.78 is 10.9. The van der Waals surface area contributed by atoms with Gasteiger partial charge in [-0.2, -0.15) is 0 Å². The monoisotopic (exact) mass is 365 g/mol. The zero-order chi connectivity index (χ0) is 18.8. The minimum Gasteiger partial charge on any atom is -0.493 e. The number of benzene rings is 2. The molecule has 2 aliphatic heterocycles. The summed E-state index contributed by atoms with van der Waals surface area (Å²) in [6.07, 6.45) is 1.27. The van der Waals surface area contributed by atoms with Crippen molar-refractivity contribution in [2.24, 2.45) is 9.98 Å². The van der Waals surface area contributed by atoms with Crippen LogP contribution in [0.4, 0.5) is 0 Å². The number of rotatable bonds is 5. The summed E-state index contributed by atoms with van der Waals surface area (Å²) in [5.41, 5.74) is 4.31. The number of methoxy groups -OCH3 is 2. The van der Waals surface area contributed by atoms with Gasteiger partial charge in [0.1, 0.15) is 0 Å². The van der Waals surface area contributed by atoms with Gasteiger partial charge in [0.2, 0.25) is 5.90 Å². The third kappa shape index (κ3) is 3.40. The van der Waals surface area contributed by atoms with E-state index in [1.807, 2.05) is 37.4 Å². The second-order valence-corrected chi connectivity index (χ2v) is 6.58. The SMILES string of the molecule is COc1cc2c(cc1OC)C(C1N=C(Cc3ccccc3)ON1C)=NCC2. The number of hydrogen-bond donors (Lipinski definition) is 0. The summed E-state index contributed by atoms with van der Waals surface area (Å²) in [4.78, 5) is 15.5. The highest BCUT2D eigenvalue weighted by Crippen LogP contribution is 2.34. The number of ether oxygens (including phenoxy) is 2. The van der Waals surface area contributed by atoms with Crippen LogP contribution < -0.4 is 9.47 Å². The van der Waals surface area contributed by atoms with Gasteiger partial charge in [0.15, 0.2) is 17.7 Å². The van der Waals surface area contributed by atoms with Crippen molar-refractivity contribution in [1.82, 2.24) is 5.06 Å². The Morgan fingerprint density at radius 3 is 2.59 bits per heavy atom. The Morgan fingerprint density at radius 2 is 1.85 bits per heavy atom. The van der Waals surface area contributed by atoms with E-state index in [0.29, 0.717) is 18.1 Å². The molecule has 0 saturated carbocycles. The van der Waals surface area contributed by atoms with Crippen LogP contribution in [0.2, 0.25) is 0 Å². The van der Waals surface area contributed by atoms with Crippen LogP contribution in [0.1, 0.15) is 16.7 Å². The fraction of sp³-hybridized carbons (Fsp3) is 0.333. The van der Waals surface area contributed by atoms with Crippen LogP contribution in [-0.2, 0) is 17.7 Å². The lowest BCUT2D eigenvalue weighted by molar-refractivity contribution is -0.0389. The van der Waals surface area contributed by atoms with Crippen molar-refractivity contribution in [2.45, 2.75) is 19.0 Å². The second-order valence-electron chi connectivity index (χ2n) is 6.58. The molecule has 2 heterocycles. The van der Waals surface area contributed by atoms with Gasteiger partial charge in [-0.3, -0.25) is 4.99 Å². The average molecular weight is 365 g/mol. The maximum atomic E-state index is 5.89. The Bertz CT molecular complexity index is 893. The molecule has 6 nitrogen and oxygen atoms in total. The fourth-order valence-electron chi connectivity index (χ4n) is 3.51. The first kappa shape index (κ1) is 17.5. The van der Waals surface area contributed by atoms with Crippen LogP contribution >= 0.6 is 0 Å². The summed E-state index contributed by atoms with van der Waals surface area (Å²) in [5.74, 6) is 2.13. The van der Waals surface area contributed by atoms with Crippen LogP contribution in [0.15, 0.2) is 52.4 Å². The smallest absolute Gasteiger partial charge is 0.216 e. The molecule has 0 aliphatic carbocycles. The molecule has 6 heteroatoms. The van der Waals surface area contributed by atoms with E-state index in [1.54, 1.807) is 19.3 Å². The zero-order valence-corrected chi connectivity index (χ0v) is 15.8. The van der Waals surface area contributed by atoms with Crippen molar-refractivity contribution >= 4 is 11.6 Å². The normalized spacial score (nSPS) is 19.0. The van der Waals surface area contributed by atoms with Gasteiger partial charge in [-0.05, 0) is 29.7 Å². The Hall–Kier alpha value is -2.86. The number of fused-ring (bicyclic) bond motifs is 1. The summed E-state index contributed by atoms with van der Waals surface area (Å²) in [5, 5.41) is 1.77. The lowest BCUT2D eigenvalue weighted by Gasteiger charge is -2.24. The molecule has 4 rings (SSSR count). The first-order valence-corrected chi connectivity index (χ1v) is 9.00. The van der Waals surface area contributed by atoms with Gasteiger partial charge in [0.25, 0.3) is 0 Å². The Morgan fingerprint density at radius 1 is 1.11 bits per heavy atom. The molecular formula is C21H23N3O3. The van der Waals surface area contributed by atoms with Crippen molar-refractivity contribution in [2.75, 3.05) is 27.8 Å². The van der Waals surface area contributed by atoms with Gasteiger partial charge in [0, 0.05) is 19.2 Å². The predicted molar refractivity (Wildman–Crippen MR) is 105 cm³/mol. The molecule has 2 aromatic rings. The van der Waals surface area contributed by atoms with Crippen LogP contribution in [0.5, 0.6) is 11.5 Å². The van der Waals surface area contributed by atoms with Gasteiger partial charge >= 0.3 is 0 Å². The summed E-state index contributed by atoms with van der Waals surface area (Å²) in [7, 11) is 5.19. The van der Waals surface area contributed by atoms with Gasteiger partial charge in [0.05, 0.1) is 26.4 Å². The lowest BCUT2D eigenvalue weighted by atomic mass is 9.95. The van der Waals surface area contributed by atoms with Gasteiger partial charge in [-0.25, -0.2) is 4.99 Å². The van der Waals surface area contributed by atoms with Crippen LogP contribution in [-0.4, -0.2) is 50.7 Å². The summed E-state index contributed by atoms with van der Waals surface area (Å²) >= 11 is 0. The van der Waals surface area contributed by atoms with E-state index in [1.165, 1.54) is 11.1 Å². The molecule has 0 N–H and O–H groups in total. The van der Waals surface area contributed by atoms with Crippen molar-refractivity contribution < 1.29 is 14.3 Å². The van der Waals surface area contributed by atoms with Crippen molar-refractivity contribution in [3.8, 4) is 11.5 Å². The molecule has 1 unspecified atom stereocenters. The highest BCUT2D eigenvalue weighted by molar-refractivity contribution is 6.07. The molecule has 1 atom stereocenters. The predicted octanol–water partition coefficient (Wildman–Crippen LogP) is 2.89. The Labute approximate surface area is 159 Å². The standard InChI is InChI=1S/C21H23N3O3/c1-24-21(23-19(27-24)11-14-7-5-4-6-8-14)20-16-13-18(26-3)17(25-2)12-15(16)9-10-22-20/h4-8,12-13,21H,9-11H2,1-3H3. The number of hydroxylamine groups is 2. The number of nitrogens with zero attached hydrogens (tertiary/aromatic N) is 3. The third-order valence-electron chi connectivity index (χ3n) is 4.85. The van der Waals surface area contributed by atoms with E-state index in [0.717, 1.165) is 30.0 Å². The molecule has 0 saturated heterocycles. The lowest BCUT2D eigenvalue weighted by Crippen LogP contribution is -2.35. The quantitative estimate of drug-likeness (QED) is 0.818. The molecule has 0 aromatic heterocycles. The molecule has 0 fully saturated rings. The minimum atomic E-state index is -0.263.